The molecule has 56 valence electrons. The van der Waals surface area contributed by atoms with Gasteiger partial charge in [0.05, 0.1) is 0 Å². The predicted molar refractivity (Wildman–Crippen MR) is 40.5 cm³/mol. The van der Waals surface area contributed by atoms with Crippen LogP contribution in [-0.4, -0.2) is 12.5 Å². The first-order chi connectivity index (χ1) is 4.79. The van der Waals surface area contributed by atoms with Gasteiger partial charge in [-0.3, -0.25) is 4.79 Å². The third-order valence-electron chi connectivity index (χ3n) is 1.75. The molecule has 2 heteroatoms. The largest absolute Gasteiger partial charge is 0.356 e. The maximum atomic E-state index is 10.5. The zero-order valence-corrected chi connectivity index (χ0v) is 6.26. The number of allylic oxidation sites excluding steroid dienone is 2. The smallest absolute Gasteiger partial charge is 0.216 e. The Hall–Kier alpha value is -0.790. The van der Waals surface area contributed by atoms with Crippen molar-refractivity contribution in [3.05, 3.63) is 12.2 Å². The van der Waals surface area contributed by atoms with Crippen molar-refractivity contribution in [2.45, 2.75) is 19.8 Å². The lowest BCUT2D eigenvalue weighted by molar-refractivity contribution is -0.119. The standard InChI is InChI=1S/C8H13NO/c1-7(10)9-6-8-4-2-3-5-8/h2-3,8H,4-6H2,1H3,(H,9,10). The highest BCUT2D eigenvalue weighted by Crippen LogP contribution is 2.15. The molecule has 0 unspecified atom stereocenters. The van der Waals surface area contributed by atoms with Crippen molar-refractivity contribution in [2.24, 2.45) is 5.92 Å². The van der Waals surface area contributed by atoms with Gasteiger partial charge < -0.3 is 5.32 Å². The van der Waals surface area contributed by atoms with Crippen molar-refractivity contribution in [1.82, 2.24) is 5.32 Å². The molecular formula is C8H13NO. The Labute approximate surface area is 61.3 Å². The average Bonchev–Trinajstić information content (AvgIpc) is 2.34. The molecule has 1 aliphatic carbocycles. The summed E-state index contributed by atoms with van der Waals surface area (Å²) < 4.78 is 0. The fourth-order valence-electron chi connectivity index (χ4n) is 1.13. The van der Waals surface area contributed by atoms with E-state index in [-0.39, 0.29) is 5.91 Å². The number of rotatable bonds is 2. The van der Waals surface area contributed by atoms with Gasteiger partial charge in [0, 0.05) is 13.5 Å². The van der Waals surface area contributed by atoms with Gasteiger partial charge in [0.1, 0.15) is 0 Å². The Kier molecular flexibility index (Phi) is 2.49. The molecule has 0 aromatic rings. The molecule has 0 aliphatic heterocycles. The summed E-state index contributed by atoms with van der Waals surface area (Å²) in [5.41, 5.74) is 0. The molecule has 0 heterocycles. The van der Waals surface area contributed by atoms with E-state index in [0.29, 0.717) is 5.92 Å². The van der Waals surface area contributed by atoms with Gasteiger partial charge >= 0.3 is 0 Å². The van der Waals surface area contributed by atoms with E-state index in [1.807, 2.05) is 0 Å². The topological polar surface area (TPSA) is 29.1 Å². The van der Waals surface area contributed by atoms with Crippen LogP contribution in [0.15, 0.2) is 12.2 Å². The highest BCUT2D eigenvalue weighted by Gasteiger charge is 2.09. The second-order valence-corrected chi connectivity index (χ2v) is 2.75. The lowest BCUT2D eigenvalue weighted by Gasteiger charge is -2.07. The molecule has 0 saturated heterocycles. The van der Waals surface area contributed by atoms with Crippen molar-refractivity contribution in [1.29, 1.82) is 0 Å². The molecule has 0 saturated carbocycles. The van der Waals surface area contributed by atoms with E-state index >= 15 is 0 Å². The molecule has 0 atom stereocenters. The zero-order valence-electron chi connectivity index (χ0n) is 6.26. The van der Waals surface area contributed by atoms with E-state index in [1.54, 1.807) is 6.92 Å². The van der Waals surface area contributed by atoms with Crippen molar-refractivity contribution in [2.75, 3.05) is 6.54 Å². The summed E-state index contributed by atoms with van der Waals surface area (Å²) in [5.74, 6) is 0.732. The Morgan fingerprint density at radius 2 is 2.20 bits per heavy atom. The molecule has 0 aromatic carbocycles. The van der Waals surface area contributed by atoms with Crippen molar-refractivity contribution in [3.8, 4) is 0 Å². The summed E-state index contributed by atoms with van der Waals surface area (Å²) in [4.78, 5) is 10.5. The van der Waals surface area contributed by atoms with Crippen LogP contribution in [0.5, 0.6) is 0 Å². The third-order valence-corrected chi connectivity index (χ3v) is 1.75. The van der Waals surface area contributed by atoms with Crippen molar-refractivity contribution < 1.29 is 4.79 Å². The van der Waals surface area contributed by atoms with Gasteiger partial charge in [-0.25, -0.2) is 0 Å². The van der Waals surface area contributed by atoms with Crippen LogP contribution in [0, 0.1) is 5.92 Å². The molecule has 2 nitrogen and oxygen atoms in total. The normalized spacial score (nSPS) is 17.7. The minimum atomic E-state index is 0.0758. The van der Waals surface area contributed by atoms with Crippen LogP contribution in [0.2, 0.25) is 0 Å². The number of carbonyl (C=O) groups is 1. The molecule has 1 N–H and O–H groups in total. The fraction of sp³-hybridized carbons (Fsp3) is 0.625. The maximum Gasteiger partial charge on any atom is 0.216 e. The number of nitrogens with one attached hydrogen (secondary N) is 1. The van der Waals surface area contributed by atoms with E-state index in [0.717, 1.165) is 19.4 Å². The minimum absolute atomic E-state index is 0.0758. The van der Waals surface area contributed by atoms with Gasteiger partial charge in [0.15, 0.2) is 0 Å². The van der Waals surface area contributed by atoms with Crippen LogP contribution >= 0.6 is 0 Å². The molecule has 0 aromatic heterocycles. The Morgan fingerprint density at radius 1 is 1.60 bits per heavy atom. The molecule has 0 spiro atoms. The van der Waals surface area contributed by atoms with E-state index in [2.05, 4.69) is 17.5 Å². The quantitative estimate of drug-likeness (QED) is 0.570. The fourth-order valence-corrected chi connectivity index (χ4v) is 1.13. The summed E-state index contributed by atoms with van der Waals surface area (Å²) in [7, 11) is 0. The Morgan fingerprint density at radius 3 is 2.70 bits per heavy atom. The van der Waals surface area contributed by atoms with Crippen LogP contribution in [0.1, 0.15) is 19.8 Å². The molecule has 1 rings (SSSR count). The SMILES string of the molecule is CC(=O)NCC1CC=CC1. The number of hydrogen-bond donors (Lipinski definition) is 1. The second kappa shape index (κ2) is 3.40. The minimum Gasteiger partial charge on any atom is -0.356 e. The first-order valence-corrected chi connectivity index (χ1v) is 3.68. The summed E-state index contributed by atoms with van der Waals surface area (Å²) in [6.07, 6.45) is 6.60. The lowest BCUT2D eigenvalue weighted by atomic mass is 10.1. The maximum absolute atomic E-state index is 10.5. The third kappa shape index (κ3) is 2.21. The van der Waals surface area contributed by atoms with Crippen molar-refractivity contribution in [3.63, 3.8) is 0 Å². The lowest BCUT2D eigenvalue weighted by Crippen LogP contribution is -2.25. The molecule has 0 radical (unpaired) electrons. The number of carbonyl (C=O) groups excluding carboxylic acids is 1. The van der Waals surface area contributed by atoms with Gasteiger partial charge in [-0.15, -0.1) is 0 Å². The first kappa shape index (κ1) is 7.32. The molecule has 1 aliphatic rings. The van der Waals surface area contributed by atoms with E-state index < -0.39 is 0 Å². The van der Waals surface area contributed by atoms with Crippen LogP contribution in [0.4, 0.5) is 0 Å². The molecule has 0 fully saturated rings. The van der Waals surface area contributed by atoms with Crippen LogP contribution in [0.25, 0.3) is 0 Å². The highest BCUT2D eigenvalue weighted by molar-refractivity contribution is 5.72. The number of hydrogen-bond acceptors (Lipinski definition) is 1. The summed E-state index contributed by atoms with van der Waals surface area (Å²) in [5, 5.41) is 2.81. The highest BCUT2D eigenvalue weighted by atomic mass is 16.1. The molecule has 10 heavy (non-hydrogen) atoms. The van der Waals surface area contributed by atoms with Gasteiger partial charge in [-0.1, -0.05) is 12.2 Å². The van der Waals surface area contributed by atoms with Crippen LogP contribution in [-0.2, 0) is 4.79 Å². The van der Waals surface area contributed by atoms with Gasteiger partial charge in [-0.05, 0) is 18.8 Å². The van der Waals surface area contributed by atoms with Crippen molar-refractivity contribution >= 4 is 5.91 Å². The van der Waals surface area contributed by atoms with Crippen LogP contribution in [0.3, 0.4) is 0 Å². The summed E-state index contributed by atoms with van der Waals surface area (Å²) >= 11 is 0. The van der Waals surface area contributed by atoms with Gasteiger partial charge in [0.25, 0.3) is 0 Å². The molecule has 0 bridgehead atoms. The zero-order chi connectivity index (χ0) is 7.40. The van der Waals surface area contributed by atoms with Gasteiger partial charge in [-0.2, -0.15) is 0 Å². The summed E-state index contributed by atoms with van der Waals surface area (Å²) in [6.45, 7) is 2.39. The average molecular weight is 139 g/mol. The monoisotopic (exact) mass is 139 g/mol. The summed E-state index contributed by atoms with van der Waals surface area (Å²) in [6, 6.07) is 0. The predicted octanol–water partition coefficient (Wildman–Crippen LogP) is 1.09. The Balaban J connectivity index is 2.09. The van der Waals surface area contributed by atoms with E-state index in [4.69, 9.17) is 0 Å². The molecular weight excluding hydrogens is 126 g/mol. The van der Waals surface area contributed by atoms with E-state index in [1.165, 1.54) is 0 Å². The van der Waals surface area contributed by atoms with Gasteiger partial charge in [0.2, 0.25) is 5.91 Å². The molecule has 1 amide bonds. The van der Waals surface area contributed by atoms with E-state index in [9.17, 15) is 4.79 Å². The van der Waals surface area contributed by atoms with Crippen LogP contribution < -0.4 is 5.32 Å². The number of amides is 1. The first-order valence-electron chi connectivity index (χ1n) is 3.68. The second-order valence-electron chi connectivity index (χ2n) is 2.75. The Bertz CT molecular complexity index is 143.